The number of methoxy groups -OCH3 is 1. The molecule has 0 fully saturated rings. The molecule has 0 saturated carbocycles. The molecule has 0 unspecified atom stereocenters. The third kappa shape index (κ3) is 3.12. The average molecular weight is 312 g/mol. The van der Waals surface area contributed by atoms with Crippen LogP contribution in [-0.2, 0) is 4.79 Å². The monoisotopic (exact) mass is 311 g/mol. The molecule has 17 heavy (non-hydrogen) atoms. The highest BCUT2D eigenvalue weighted by molar-refractivity contribution is 9.10. The van der Waals surface area contributed by atoms with Crippen molar-refractivity contribution in [3.63, 3.8) is 0 Å². The summed E-state index contributed by atoms with van der Waals surface area (Å²) in [4.78, 5) is 11.5. The van der Waals surface area contributed by atoms with Crippen molar-refractivity contribution in [1.82, 2.24) is 0 Å². The zero-order valence-electron chi connectivity index (χ0n) is 9.01. The van der Waals surface area contributed by atoms with Gasteiger partial charge in [-0.2, -0.15) is 13.2 Å². The van der Waals surface area contributed by atoms with Gasteiger partial charge in [-0.05, 0) is 28.1 Å². The van der Waals surface area contributed by atoms with Crippen LogP contribution in [0.2, 0.25) is 0 Å². The van der Waals surface area contributed by atoms with E-state index in [0.29, 0.717) is 15.1 Å². The molecule has 1 aromatic carbocycles. The lowest BCUT2D eigenvalue weighted by Gasteiger charge is -2.19. The average Bonchev–Trinajstić information content (AvgIpc) is 2.26. The van der Waals surface area contributed by atoms with E-state index >= 15 is 0 Å². The predicted octanol–water partition coefficient (Wildman–Crippen LogP) is 2.98. The number of carbonyl (C=O) groups is 1. The molecular formula is C10H9BrF3NO2. The first-order chi connectivity index (χ1) is 7.77. The Labute approximate surface area is 104 Å². The molecule has 0 heterocycles. The predicted molar refractivity (Wildman–Crippen MR) is 60.2 cm³/mol. The van der Waals surface area contributed by atoms with Crippen LogP contribution in [0.1, 0.15) is 0 Å². The third-order valence-electron chi connectivity index (χ3n) is 2.07. The van der Waals surface area contributed by atoms with Crippen molar-refractivity contribution in [2.45, 2.75) is 6.18 Å². The molecule has 0 radical (unpaired) electrons. The topological polar surface area (TPSA) is 29.5 Å². The Morgan fingerprint density at radius 2 is 2.00 bits per heavy atom. The molecule has 0 aromatic heterocycles. The number of hydrogen-bond acceptors (Lipinski definition) is 2. The van der Waals surface area contributed by atoms with Crippen molar-refractivity contribution in [2.75, 3.05) is 19.1 Å². The Morgan fingerprint density at radius 1 is 1.41 bits per heavy atom. The summed E-state index contributed by atoms with van der Waals surface area (Å²) < 4.78 is 42.2. The van der Waals surface area contributed by atoms with Crippen molar-refractivity contribution >= 4 is 27.5 Å². The number of hydrogen-bond donors (Lipinski definition) is 0. The van der Waals surface area contributed by atoms with Crippen LogP contribution in [-0.4, -0.2) is 26.2 Å². The first-order valence-corrected chi connectivity index (χ1v) is 5.25. The summed E-state index contributed by atoms with van der Waals surface area (Å²) in [6.07, 6.45) is -4.89. The second kappa shape index (κ2) is 4.95. The fraction of sp³-hybridized carbons (Fsp3) is 0.300. The van der Waals surface area contributed by atoms with E-state index in [1.54, 1.807) is 0 Å². The molecule has 0 N–H and O–H groups in total. The maximum absolute atomic E-state index is 12.2. The van der Waals surface area contributed by atoms with E-state index in [1.165, 1.54) is 25.3 Å². The Kier molecular flexibility index (Phi) is 4.03. The van der Waals surface area contributed by atoms with E-state index in [0.717, 1.165) is 7.05 Å². The molecule has 0 spiro atoms. The lowest BCUT2D eigenvalue weighted by molar-refractivity contribution is -0.170. The molecule has 0 saturated heterocycles. The van der Waals surface area contributed by atoms with Crippen LogP contribution in [0.15, 0.2) is 22.7 Å². The molecule has 0 aliphatic rings. The third-order valence-corrected chi connectivity index (χ3v) is 2.72. The summed E-state index contributed by atoms with van der Waals surface area (Å²) in [5, 5.41) is 0. The van der Waals surface area contributed by atoms with Gasteiger partial charge in [0.2, 0.25) is 0 Å². The number of halogens is 4. The molecule has 1 aromatic rings. The maximum Gasteiger partial charge on any atom is 0.471 e. The van der Waals surface area contributed by atoms with Gasteiger partial charge < -0.3 is 9.64 Å². The molecule has 1 amide bonds. The molecular weight excluding hydrogens is 303 g/mol. The fourth-order valence-electron chi connectivity index (χ4n) is 1.16. The minimum atomic E-state index is -4.89. The number of nitrogens with zero attached hydrogens (tertiary/aromatic N) is 1. The summed E-state index contributed by atoms with van der Waals surface area (Å²) in [5.41, 5.74) is 0.104. The van der Waals surface area contributed by atoms with Gasteiger partial charge in [-0.25, -0.2) is 0 Å². The number of carbonyl (C=O) groups excluding carboxylic acids is 1. The first-order valence-electron chi connectivity index (χ1n) is 4.45. The maximum atomic E-state index is 12.2. The minimum absolute atomic E-state index is 0.104. The van der Waals surface area contributed by atoms with Crippen molar-refractivity contribution in [3.05, 3.63) is 22.7 Å². The normalized spacial score (nSPS) is 11.2. The highest BCUT2D eigenvalue weighted by atomic mass is 79.9. The second-order valence-electron chi connectivity index (χ2n) is 3.18. The number of rotatable bonds is 2. The molecule has 0 atom stereocenters. The van der Waals surface area contributed by atoms with Crippen molar-refractivity contribution in [1.29, 1.82) is 0 Å². The summed E-state index contributed by atoms with van der Waals surface area (Å²) in [5.74, 6) is -1.58. The van der Waals surface area contributed by atoms with Crippen LogP contribution in [0.25, 0.3) is 0 Å². The van der Waals surface area contributed by atoms with Crippen LogP contribution in [0.4, 0.5) is 18.9 Å². The van der Waals surface area contributed by atoms with Gasteiger partial charge >= 0.3 is 12.1 Å². The lowest BCUT2D eigenvalue weighted by Crippen LogP contribution is -2.38. The van der Waals surface area contributed by atoms with E-state index in [9.17, 15) is 18.0 Å². The minimum Gasteiger partial charge on any atom is -0.495 e. The van der Waals surface area contributed by atoms with Gasteiger partial charge in [0.1, 0.15) is 5.75 Å². The summed E-state index contributed by atoms with van der Waals surface area (Å²) >= 11 is 3.17. The second-order valence-corrected chi connectivity index (χ2v) is 4.04. The van der Waals surface area contributed by atoms with E-state index in [2.05, 4.69) is 15.9 Å². The van der Waals surface area contributed by atoms with Crippen molar-refractivity contribution in [3.8, 4) is 5.75 Å². The molecule has 0 aliphatic heterocycles. The Hall–Kier alpha value is -1.24. The highest BCUT2D eigenvalue weighted by Crippen LogP contribution is 2.30. The number of ether oxygens (including phenoxy) is 1. The smallest absolute Gasteiger partial charge is 0.471 e. The molecule has 7 heteroatoms. The molecule has 94 valence electrons. The lowest BCUT2D eigenvalue weighted by atomic mass is 10.2. The van der Waals surface area contributed by atoms with Gasteiger partial charge in [-0.15, -0.1) is 0 Å². The van der Waals surface area contributed by atoms with Crippen molar-refractivity contribution < 1.29 is 22.7 Å². The van der Waals surface area contributed by atoms with E-state index in [1.807, 2.05) is 0 Å². The molecule has 3 nitrogen and oxygen atoms in total. The van der Waals surface area contributed by atoms with Gasteiger partial charge in [0.15, 0.2) is 0 Å². The Balaban J connectivity index is 3.05. The highest BCUT2D eigenvalue weighted by Gasteiger charge is 2.41. The summed E-state index contributed by atoms with van der Waals surface area (Å²) in [6.45, 7) is 0. The number of alkyl halides is 3. The van der Waals surface area contributed by atoms with Gasteiger partial charge in [0.05, 0.1) is 11.6 Å². The quantitative estimate of drug-likeness (QED) is 0.840. The number of amides is 1. The summed E-state index contributed by atoms with van der Waals surface area (Å²) in [6, 6.07) is 4.23. The van der Waals surface area contributed by atoms with Crippen LogP contribution in [0, 0.1) is 0 Å². The Morgan fingerprint density at radius 3 is 2.47 bits per heavy atom. The molecule has 0 aliphatic carbocycles. The van der Waals surface area contributed by atoms with E-state index in [4.69, 9.17) is 4.74 Å². The van der Waals surface area contributed by atoms with Crippen LogP contribution in [0.3, 0.4) is 0 Å². The summed E-state index contributed by atoms with van der Waals surface area (Å²) in [7, 11) is 2.44. The van der Waals surface area contributed by atoms with Gasteiger partial charge in [0.25, 0.3) is 0 Å². The van der Waals surface area contributed by atoms with Crippen molar-refractivity contribution in [2.24, 2.45) is 0 Å². The zero-order valence-corrected chi connectivity index (χ0v) is 10.6. The SMILES string of the molecule is COc1cc(N(C)C(=O)C(F)(F)F)ccc1Br. The van der Waals surface area contributed by atoms with Crippen LogP contribution < -0.4 is 9.64 Å². The van der Waals surface area contributed by atoms with Crippen LogP contribution >= 0.6 is 15.9 Å². The first kappa shape index (κ1) is 13.8. The van der Waals surface area contributed by atoms with Gasteiger partial charge in [0, 0.05) is 18.8 Å². The standard InChI is InChI=1S/C10H9BrF3NO2/c1-15(9(16)10(12,13)14)6-3-4-7(11)8(5-6)17-2/h3-5H,1-2H3. The fourth-order valence-corrected chi connectivity index (χ4v) is 1.57. The zero-order chi connectivity index (χ0) is 13.2. The molecule has 1 rings (SSSR count). The van der Waals surface area contributed by atoms with E-state index < -0.39 is 12.1 Å². The number of benzene rings is 1. The molecule has 0 bridgehead atoms. The van der Waals surface area contributed by atoms with Gasteiger partial charge in [-0.3, -0.25) is 4.79 Å². The largest absolute Gasteiger partial charge is 0.495 e. The number of anilines is 1. The van der Waals surface area contributed by atoms with E-state index in [-0.39, 0.29) is 5.69 Å². The Bertz CT molecular complexity index is 434. The van der Waals surface area contributed by atoms with Crippen LogP contribution in [0.5, 0.6) is 5.75 Å². The van der Waals surface area contributed by atoms with Gasteiger partial charge in [-0.1, -0.05) is 0 Å².